The monoisotopic (exact) mass is 254 g/mol. The molecule has 4 nitrogen and oxygen atoms in total. The second-order valence-corrected chi connectivity index (χ2v) is 2.55. The SMILES string of the molecule is CC.CC.CC.Cc1cn[nH]c1.Cc1cn[nH]c1. The minimum Gasteiger partial charge on any atom is -0.285 e. The summed E-state index contributed by atoms with van der Waals surface area (Å²) in [5.41, 5.74) is 2.35. The van der Waals surface area contributed by atoms with Crippen molar-refractivity contribution in [2.24, 2.45) is 0 Å². The van der Waals surface area contributed by atoms with Gasteiger partial charge in [0.25, 0.3) is 0 Å². The Morgan fingerprint density at radius 2 is 0.944 bits per heavy atom. The lowest BCUT2D eigenvalue weighted by molar-refractivity contribution is 1.09. The van der Waals surface area contributed by atoms with Gasteiger partial charge in [0.2, 0.25) is 0 Å². The zero-order valence-electron chi connectivity index (χ0n) is 13.2. The molecule has 0 amide bonds. The van der Waals surface area contributed by atoms with Crippen LogP contribution in [0.5, 0.6) is 0 Å². The first kappa shape index (κ1) is 21.7. The number of aryl methyl sites for hydroxylation is 2. The molecule has 0 bridgehead atoms. The third-order valence-electron chi connectivity index (χ3n) is 1.27. The second-order valence-electron chi connectivity index (χ2n) is 2.55. The molecular weight excluding hydrogens is 224 g/mol. The fourth-order valence-electron chi connectivity index (χ4n) is 0.631. The first-order valence-corrected chi connectivity index (χ1v) is 6.70. The van der Waals surface area contributed by atoms with E-state index in [1.165, 1.54) is 11.1 Å². The first-order valence-electron chi connectivity index (χ1n) is 6.70. The van der Waals surface area contributed by atoms with Crippen LogP contribution in [-0.4, -0.2) is 20.4 Å². The number of aromatic nitrogens is 4. The molecule has 4 heteroatoms. The minimum atomic E-state index is 1.18. The normalized spacial score (nSPS) is 6.89. The smallest absolute Gasteiger partial charge is 0.0516 e. The second kappa shape index (κ2) is 20.8. The molecule has 0 aliphatic heterocycles. The van der Waals surface area contributed by atoms with Gasteiger partial charge < -0.3 is 0 Å². The fraction of sp³-hybridized carbons (Fsp3) is 0.571. The maximum absolute atomic E-state index is 3.70. The van der Waals surface area contributed by atoms with Gasteiger partial charge in [0.05, 0.1) is 12.4 Å². The van der Waals surface area contributed by atoms with Gasteiger partial charge in [-0.15, -0.1) is 0 Å². The number of nitrogens with zero attached hydrogens (tertiary/aromatic N) is 2. The zero-order chi connectivity index (χ0) is 14.8. The summed E-state index contributed by atoms with van der Waals surface area (Å²) in [6.45, 7) is 16.0. The molecule has 0 aromatic carbocycles. The van der Waals surface area contributed by atoms with E-state index >= 15 is 0 Å². The molecule has 0 atom stereocenters. The van der Waals surface area contributed by atoms with Crippen molar-refractivity contribution < 1.29 is 0 Å². The van der Waals surface area contributed by atoms with Crippen LogP contribution in [0.2, 0.25) is 0 Å². The van der Waals surface area contributed by atoms with Gasteiger partial charge in [-0.3, -0.25) is 10.2 Å². The molecule has 0 saturated carbocycles. The maximum atomic E-state index is 3.70. The summed E-state index contributed by atoms with van der Waals surface area (Å²) < 4.78 is 0. The molecule has 0 radical (unpaired) electrons. The van der Waals surface area contributed by atoms with Crippen LogP contribution < -0.4 is 0 Å². The molecule has 0 aliphatic carbocycles. The van der Waals surface area contributed by atoms with E-state index in [0.717, 1.165) is 0 Å². The van der Waals surface area contributed by atoms with Crippen LogP contribution in [0.25, 0.3) is 0 Å². The average Bonchev–Trinajstić information content (AvgIpc) is 3.11. The Bertz CT molecular complexity index is 253. The summed E-state index contributed by atoms with van der Waals surface area (Å²) in [7, 11) is 0. The van der Waals surface area contributed by atoms with Crippen LogP contribution >= 0.6 is 0 Å². The van der Waals surface area contributed by atoms with Crippen molar-refractivity contribution in [3.8, 4) is 0 Å². The van der Waals surface area contributed by atoms with E-state index in [0.29, 0.717) is 0 Å². The number of hydrogen-bond acceptors (Lipinski definition) is 2. The van der Waals surface area contributed by atoms with Crippen LogP contribution in [0.1, 0.15) is 52.7 Å². The highest BCUT2D eigenvalue weighted by Crippen LogP contribution is 1.84. The number of aromatic amines is 2. The van der Waals surface area contributed by atoms with Crippen LogP contribution in [-0.2, 0) is 0 Å². The molecule has 0 unspecified atom stereocenters. The Hall–Kier alpha value is -1.58. The van der Waals surface area contributed by atoms with E-state index in [1.54, 1.807) is 12.4 Å². The Labute approximate surface area is 112 Å². The van der Waals surface area contributed by atoms with E-state index in [-0.39, 0.29) is 0 Å². The standard InChI is InChI=1S/2C4H6N2.3C2H6/c2*1-4-2-5-6-3-4;3*1-2/h2*2-3H,1H3,(H,5,6);3*1-2H3. The molecule has 106 valence electrons. The third-order valence-corrected chi connectivity index (χ3v) is 1.27. The Kier molecular flexibility index (Phi) is 25.0. The zero-order valence-corrected chi connectivity index (χ0v) is 13.2. The van der Waals surface area contributed by atoms with E-state index in [4.69, 9.17) is 0 Å². The van der Waals surface area contributed by atoms with E-state index in [2.05, 4.69) is 20.4 Å². The molecule has 2 heterocycles. The Morgan fingerprint density at radius 3 is 1.00 bits per heavy atom. The van der Waals surface area contributed by atoms with Gasteiger partial charge in [0.1, 0.15) is 0 Å². The summed E-state index contributed by atoms with van der Waals surface area (Å²) in [4.78, 5) is 0. The first-order chi connectivity index (χ1) is 8.79. The van der Waals surface area contributed by atoms with Crippen LogP contribution in [0.15, 0.2) is 24.8 Å². The highest BCUT2D eigenvalue weighted by molar-refractivity contribution is 4.97. The predicted molar refractivity (Wildman–Crippen MR) is 80.7 cm³/mol. The van der Waals surface area contributed by atoms with Crippen molar-refractivity contribution >= 4 is 0 Å². The van der Waals surface area contributed by atoms with Gasteiger partial charge in [0, 0.05) is 12.4 Å². The van der Waals surface area contributed by atoms with Gasteiger partial charge in [0.15, 0.2) is 0 Å². The summed E-state index contributed by atoms with van der Waals surface area (Å²) in [6.07, 6.45) is 7.25. The number of hydrogen-bond donors (Lipinski definition) is 2. The maximum Gasteiger partial charge on any atom is 0.0516 e. The Morgan fingerprint density at radius 1 is 0.667 bits per heavy atom. The van der Waals surface area contributed by atoms with Gasteiger partial charge in [-0.05, 0) is 25.0 Å². The molecule has 0 aliphatic rings. The lowest BCUT2D eigenvalue weighted by atomic mass is 10.4. The molecule has 0 fully saturated rings. The summed E-state index contributed by atoms with van der Waals surface area (Å²) in [5.74, 6) is 0. The highest BCUT2D eigenvalue weighted by Gasteiger charge is 1.75. The average molecular weight is 254 g/mol. The predicted octanol–water partition coefficient (Wildman–Crippen LogP) is 4.51. The number of H-pyrrole nitrogens is 2. The van der Waals surface area contributed by atoms with Crippen LogP contribution in [0.3, 0.4) is 0 Å². The molecule has 0 saturated heterocycles. The molecule has 2 aromatic rings. The lowest BCUT2D eigenvalue weighted by Crippen LogP contribution is -1.53. The topological polar surface area (TPSA) is 57.4 Å². The molecule has 2 aromatic heterocycles. The molecule has 2 N–H and O–H groups in total. The van der Waals surface area contributed by atoms with Crippen molar-refractivity contribution in [3.05, 3.63) is 35.9 Å². The minimum absolute atomic E-state index is 1.18. The van der Waals surface area contributed by atoms with E-state index in [9.17, 15) is 0 Å². The molecule has 18 heavy (non-hydrogen) atoms. The quantitative estimate of drug-likeness (QED) is 0.726. The van der Waals surface area contributed by atoms with Crippen LogP contribution in [0, 0.1) is 13.8 Å². The van der Waals surface area contributed by atoms with Crippen molar-refractivity contribution in [3.63, 3.8) is 0 Å². The molecular formula is C14H30N4. The summed E-state index contributed by atoms with van der Waals surface area (Å²) in [6, 6.07) is 0. The van der Waals surface area contributed by atoms with Gasteiger partial charge >= 0.3 is 0 Å². The number of nitrogens with one attached hydrogen (secondary N) is 2. The third kappa shape index (κ3) is 16.8. The summed E-state index contributed by atoms with van der Waals surface area (Å²) >= 11 is 0. The highest BCUT2D eigenvalue weighted by atomic mass is 15.1. The molecule has 0 spiro atoms. The van der Waals surface area contributed by atoms with E-state index in [1.807, 2.05) is 67.8 Å². The van der Waals surface area contributed by atoms with Crippen molar-refractivity contribution in [1.29, 1.82) is 0 Å². The van der Waals surface area contributed by atoms with Crippen LogP contribution in [0.4, 0.5) is 0 Å². The number of rotatable bonds is 0. The van der Waals surface area contributed by atoms with Crippen molar-refractivity contribution in [1.82, 2.24) is 20.4 Å². The largest absolute Gasteiger partial charge is 0.285 e. The van der Waals surface area contributed by atoms with Crippen molar-refractivity contribution in [2.45, 2.75) is 55.4 Å². The van der Waals surface area contributed by atoms with Gasteiger partial charge in [-0.25, -0.2) is 0 Å². The summed E-state index contributed by atoms with van der Waals surface area (Å²) in [5, 5.41) is 12.8. The Balaban J connectivity index is -0.000000178. The fourth-order valence-corrected chi connectivity index (χ4v) is 0.631. The van der Waals surface area contributed by atoms with Gasteiger partial charge in [-0.1, -0.05) is 41.5 Å². The van der Waals surface area contributed by atoms with Crippen molar-refractivity contribution in [2.75, 3.05) is 0 Å². The lowest BCUT2D eigenvalue weighted by Gasteiger charge is -1.62. The van der Waals surface area contributed by atoms with E-state index < -0.39 is 0 Å². The molecule has 2 rings (SSSR count). The van der Waals surface area contributed by atoms with Gasteiger partial charge in [-0.2, -0.15) is 10.2 Å².